The number of nitrogens with zero attached hydrogens (tertiary/aromatic N) is 2. The van der Waals surface area contributed by atoms with E-state index >= 15 is 0 Å². The lowest BCUT2D eigenvalue weighted by Gasteiger charge is -2.35. The van der Waals surface area contributed by atoms with Crippen LogP contribution in [-0.4, -0.2) is 65.9 Å². The van der Waals surface area contributed by atoms with Gasteiger partial charge in [-0.2, -0.15) is 0 Å². The van der Waals surface area contributed by atoms with Crippen LogP contribution >= 0.6 is 0 Å². The van der Waals surface area contributed by atoms with Crippen LogP contribution in [0.3, 0.4) is 0 Å². The van der Waals surface area contributed by atoms with Crippen molar-refractivity contribution >= 4 is 22.7 Å². The maximum atomic E-state index is 13.0. The molecule has 28 heavy (non-hydrogen) atoms. The van der Waals surface area contributed by atoms with Gasteiger partial charge in [0.25, 0.3) is 5.91 Å². The van der Waals surface area contributed by atoms with Crippen molar-refractivity contribution in [3.05, 3.63) is 46.2 Å². The van der Waals surface area contributed by atoms with Crippen LogP contribution in [0.4, 0.5) is 0 Å². The minimum Gasteiger partial charge on any atom is -0.354 e. The quantitative estimate of drug-likeness (QED) is 0.836. The first-order valence-corrected chi connectivity index (χ1v) is 9.68. The van der Waals surface area contributed by atoms with Gasteiger partial charge in [-0.05, 0) is 18.2 Å². The molecule has 1 aromatic heterocycles. The van der Waals surface area contributed by atoms with Crippen molar-refractivity contribution in [2.45, 2.75) is 20.8 Å². The summed E-state index contributed by atoms with van der Waals surface area (Å²) >= 11 is 0. The molecule has 1 aromatic carbocycles. The van der Waals surface area contributed by atoms with Gasteiger partial charge in [0.15, 0.2) is 0 Å². The van der Waals surface area contributed by atoms with E-state index in [9.17, 15) is 14.4 Å². The predicted octanol–water partition coefficient (Wildman–Crippen LogP) is 1.45. The summed E-state index contributed by atoms with van der Waals surface area (Å²) < 4.78 is 0. The number of amides is 2. The van der Waals surface area contributed by atoms with E-state index in [1.165, 1.54) is 6.07 Å². The summed E-state index contributed by atoms with van der Waals surface area (Å²) in [5.41, 5.74) is 0.726. The fraction of sp³-hybridized carbons (Fsp3) is 0.476. The number of H-pyrrole nitrogens is 1. The van der Waals surface area contributed by atoms with Gasteiger partial charge in [-0.15, -0.1) is 0 Å². The molecule has 2 aromatic rings. The highest BCUT2D eigenvalue weighted by molar-refractivity contribution is 6.06. The van der Waals surface area contributed by atoms with Gasteiger partial charge in [0.2, 0.25) is 11.5 Å². The van der Waals surface area contributed by atoms with Crippen LogP contribution in [0.2, 0.25) is 0 Å². The average Bonchev–Trinajstić information content (AvgIpc) is 2.66. The summed E-state index contributed by atoms with van der Waals surface area (Å²) in [6.07, 6.45) is 0. The van der Waals surface area contributed by atoms with E-state index in [0.717, 1.165) is 25.0 Å². The molecule has 2 amide bonds. The number of carbonyl (C=O) groups excluding carboxylic acids is 2. The lowest BCUT2D eigenvalue weighted by Crippen LogP contribution is -2.50. The summed E-state index contributed by atoms with van der Waals surface area (Å²) in [6, 6.07) is 8.55. The van der Waals surface area contributed by atoms with Crippen LogP contribution in [0.5, 0.6) is 0 Å². The number of aromatic nitrogens is 1. The van der Waals surface area contributed by atoms with Crippen molar-refractivity contribution in [1.82, 2.24) is 20.1 Å². The third kappa shape index (κ3) is 4.59. The summed E-state index contributed by atoms with van der Waals surface area (Å²) in [5, 5.41) is 3.73. The molecule has 3 rings (SSSR count). The number of nitrogens with one attached hydrogen (secondary N) is 2. The summed E-state index contributed by atoms with van der Waals surface area (Å²) in [7, 11) is 0. The second-order valence-corrected chi connectivity index (χ2v) is 8.23. The van der Waals surface area contributed by atoms with E-state index in [1.807, 2.05) is 25.7 Å². The number of piperazine rings is 1. The standard InChI is InChI=1S/C21H28N4O3/c1-21(2,3)20(28)22-9-10-24-11-13-25(14-12-24)19(27)16-5-4-6-17-15(16)7-8-18(26)23-17/h4-8H,9-14H2,1-3H3,(H,22,28)(H,23,26). The molecule has 0 unspecified atom stereocenters. The number of hydrogen-bond acceptors (Lipinski definition) is 4. The predicted molar refractivity (Wildman–Crippen MR) is 109 cm³/mol. The van der Waals surface area contributed by atoms with Crippen LogP contribution in [0, 0.1) is 5.41 Å². The van der Waals surface area contributed by atoms with E-state index in [2.05, 4.69) is 15.2 Å². The van der Waals surface area contributed by atoms with Crippen LogP contribution in [-0.2, 0) is 4.79 Å². The number of aromatic amines is 1. The third-order valence-electron chi connectivity index (χ3n) is 5.05. The Balaban J connectivity index is 1.56. The number of fused-ring (bicyclic) bond motifs is 1. The fourth-order valence-electron chi connectivity index (χ4n) is 3.31. The molecule has 7 nitrogen and oxygen atoms in total. The molecule has 150 valence electrons. The third-order valence-corrected chi connectivity index (χ3v) is 5.05. The van der Waals surface area contributed by atoms with Crippen LogP contribution < -0.4 is 10.9 Å². The fourth-order valence-corrected chi connectivity index (χ4v) is 3.31. The number of rotatable bonds is 4. The van der Waals surface area contributed by atoms with E-state index in [-0.39, 0.29) is 22.8 Å². The maximum Gasteiger partial charge on any atom is 0.254 e. The highest BCUT2D eigenvalue weighted by atomic mass is 16.2. The zero-order chi connectivity index (χ0) is 20.3. The molecule has 2 N–H and O–H groups in total. The van der Waals surface area contributed by atoms with Crippen LogP contribution in [0.15, 0.2) is 35.1 Å². The van der Waals surface area contributed by atoms with Crippen molar-refractivity contribution in [2.24, 2.45) is 5.41 Å². The normalized spacial score (nSPS) is 15.6. The molecule has 1 saturated heterocycles. The Morgan fingerprint density at radius 1 is 1.07 bits per heavy atom. The second-order valence-electron chi connectivity index (χ2n) is 8.23. The lowest BCUT2D eigenvalue weighted by atomic mass is 9.96. The molecule has 2 heterocycles. The molecule has 7 heteroatoms. The Labute approximate surface area is 164 Å². The first-order chi connectivity index (χ1) is 13.3. The monoisotopic (exact) mass is 384 g/mol. The smallest absolute Gasteiger partial charge is 0.254 e. The molecule has 0 spiro atoms. The number of benzene rings is 1. The molecule has 1 aliphatic rings. The highest BCUT2D eigenvalue weighted by Crippen LogP contribution is 2.18. The van der Waals surface area contributed by atoms with Crippen molar-refractivity contribution in [1.29, 1.82) is 0 Å². The van der Waals surface area contributed by atoms with Crippen molar-refractivity contribution in [3.63, 3.8) is 0 Å². The zero-order valence-corrected chi connectivity index (χ0v) is 16.7. The second kappa shape index (κ2) is 8.14. The van der Waals surface area contributed by atoms with Gasteiger partial charge >= 0.3 is 0 Å². The van der Waals surface area contributed by atoms with Gasteiger partial charge in [-0.3, -0.25) is 19.3 Å². The Kier molecular flexibility index (Phi) is 5.84. The van der Waals surface area contributed by atoms with Crippen molar-refractivity contribution in [2.75, 3.05) is 39.3 Å². The average molecular weight is 384 g/mol. The van der Waals surface area contributed by atoms with Gasteiger partial charge in [-0.1, -0.05) is 26.8 Å². The van der Waals surface area contributed by atoms with E-state index in [4.69, 9.17) is 0 Å². The first kappa shape index (κ1) is 20.1. The minimum atomic E-state index is -0.381. The van der Waals surface area contributed by atoms with Gasteiger partial charge in [0.1, 0.15) is 0 Å². The Morgan fingerprint density at radius 2 is 1.79 bits per heavy atom. The SMILES string of the molecule is CC(C)(C)C(=O)NCCN1CCN(C(=O)c2cccc3[nH]c(=O)ccc23)CC1. The minimum absolute atomic E-state index is 0.0154. The Hall–Kier alpha value is -2.67. The summed E-state index contributed by atoms with van der Waals surface area (Å²) in [4.78, 5) is 43.3. The molecule has 0 atom stereocenters. The molecule has 0 bridgehead atoms. The first-order valence-electron chi connectivity index (χ1n) is 9.68. The van der Waals surface area contributed by atoms with Gasteiger partial charge in [-0.25, -0.2) is 0 Å². The topological polar surface area (TPSA) is 85.5 Å². The van der Waals surface area contributed by atoms with Crippen LogP contribution in [0.25, 0.3) is 10.9 Å². The van der Waals surface area contributed by atoms with E-state index < -0.39 is 0 Å². The summed E-state index contributed by atoms with van der Waals surface area (Å²) in [5.74, 6) is 0.0358. The number of hydrogen-bond donors (Lipinski definition) is 2. The van der Waals surface area contributed by atoms with Crippen LogP contribution in [0.1, 0.15) is 31.1 Å². The molecular weight excluding hydrogens is 356 g/mol. The molecule has 1 aliphatic heterocycles. The lowest BCUT2D eigenvalue weighted by molar-refractivity contribution is -0.128. The molecule has 1 fully saturated rings. The van der Waals surface area contributed by atoms with Crippen molar-refractivity contribution < 1.29 is 9.59 Å². The highest BCUT2D eigenvalue weighted by Gasteiger charge is 2.24. The van der Waals surface area contributed by atoms with Gasteiger partial charge in [0, 0.05) is 67.2 Å². The maximum absolute atomic E-state index is 13.0. The molecular formula is C21H28N4O3. The summed E-state index contributed by atoms with van der Waals surface area (Å²) in [6.45, 7) is 9.93. The van der Waals surface area contributed by atoms with Gasteiger partial charge < -0.3 is 15.2 Å². The largest absolute Gasteiger partial charge is 0.354 e. The van der Waals surface area contributed by atoms with Gasteiger partial charge in [0.05, 0.1) is 0 Å². The van der Waals surface area contributed by atoms with Crippen molar-refractivity contribution in [3.8, 4) is 0 Å². The molecule has 0 aliphatic carbocycles. The number of pyridine rings is 1. The van der Waals surface area contributed by atoms with E-state index in [1.54, 1.807) is 24.3 Å². The van der Waals surface area contributed by atoms with E-state index in [0.29, 0.717) is 30.7 Å². The Bertz CT molecular complexity index is 921. The molecule has 0 radical (unpaired) electrons. The Morgan fingerprint density at radius 3 is 2.46 bits per heavy atom. The number of carbonyl (C=O) groups is 2. The molecule has 0 saturated carbocycles. The zero-order valence-electron chi connectivity index (χ0n) is 16.7.